The maximum Gasteiger partial charge on any atom is 0.0101 e. The van der Waals surface area contributed by atoms with E-state index in [9.17, 15) is 0 Å². The Morgan fingerprint density at radius 2 is 2.23 bits per heavy atom. The van der Waals surface area contributed by atoms with Gasteiger partial charge in [-0.3, -0.25) is 0 Å². The van der Waals surface area contributed by atoms with Crippen molar-refractivity contribution in [3.05, 3.63) is 12.2 Å². The molecule has 0 amide bonds. The Hall–Kier alpha value is -0.300. The van der Waals surface area contributed by atoms with Crippen molar-refractivity contribution in [1.29, 1.82) is 0 Å². The van der Waals surface area contributed by atoms with E-state index in [1.54, 1.807) is 0 Å². The fourth-order valence-electron chi connectivity index (χ4n) is 2.04. The smallest absolute Gasteiger partial charge is 0.0101 e. The third-order valence-corrected chi connectivity index (χ3v) is 3.04. The first-order valence-electron chi connectivity index (χ1n) is 5.53. The molecule has 0 aliphatic heterocycles. The van der Waals surface area contributed by atoms with Crippen LogP contribution in [0.15, 0.2) is 12.2 Å². The maximum atomic E-state index is 3.96. The highest BCUT2D eigenvalue weighted by molar-refractivity contribution is 4.96. The minimum atomic E-state index is 0.747. The van der Waals surface area contributed by atoms with Gasteiger partial charge in [0, 0.05) is 6.04 Å². The van der Waals surface area contributed by atoms with Crippen LogP contribution in [-0.4, -0.2) is 12.6 Å². The second-order valence-electron chi connectivity index (χ2n) is 4.54. The molecule has 1 heteroatoms. The molecule has 0 saturated heterocycles. The number of hydrogen-bond acceptors (Lipinski definition) is 1. The molecule has 13 heavy (non-hydrogen) atoms. The van der Waals surface area contributed by atoms with E-state index in [0.29, 0.717) is 0 Å². The number of nitrogens with one attached hydrogen (secondary N) is 1. The van der Waals surface area contributed by atoms with Crippen LogP contribution in [-0.2, 0) is 0 Å². The van der Waals surface area contributed by atoms with E-state index < -0.39 is 0 Å². The SMILES string of the molecule is C=C(C)CCC(NCC)C1CC1C. The summed E-state index contributed by atoms with van der Waals surface area (Å²) in [6.45, 7) is 11.7. The lowest BCUT2D eigenvalue weighted by Crippen LogP contribution is -2.31. The molecule has 1 aliphatic rings. The van der Waals surface area contributed by atoms with Crippen LogP contribution in [0.5, 0.6) is 0 Å². The molecule has 0 aromatic rings. The van der Waals surface area contributed by atoms with E-state index in [0.717, 1.165) is 24.4 Å². The Morgan fingerprint density at radius 1 is 1.62 bits per heavy atom. The Kier molecular flexibility index (Phi) is 3.98. The number of rotatable bonds is 6. The van der Waals surface area contributed by atoms with Crippen molar-refractivity contribution in [3.8, 4) is 0 Å². The van der Waals surface area contributed by atoms with Crippen molar-refractivity contribution in [3.63, 3.8) is 0 Å². The molecule has 3 unspecified atom stereocenters. The van der Waals surface area contributed by atoms with Crippen LogP contribution in [0.3, 0.4) is 0 Å². The van der Waals surface area contributed by atoms with Gasteiger partial charge in [0.25, 0.3) is 0 Å². The molecule has 1 saturated carbocycles. The fourth-order valence-corrected chi connectivity index (χ4v) is 2.04. The molecule has 1 N–H and O–H groups in total. The van der Waals surface area contributed by atoms with Crippen molar-refractivity contribution in [2.45, 2.75) is 46.1 Å². The molecule has 0 spiro atoms. The molecule has 0 radical (unpaired) electrons. The Balaban J connectivity index is 2.26. The third-order valence-electron chi connectivity index (χ3n) is 3.04. The Labute approximate surface area is 82.6 Å². The van der Waals surface area contributed by atoms with E-state index in [1.807, 2.05) is 0 Å². The first kappa shape index (κ1) is 10.8. The molecular weight excluding hydrogens is 158 g/mol. The lowest BCUT2D eigenvalue weighted by atomic mass is 10.0. The average molecular weight is 181 g/mol. The first-order valence-corrected chi connectivity index (χ1v) is 5.53. The predicted octanol–water partition coefficient (Wildman–Crippen LogP) is 2.98. The number of hydrogen-bond donors (Lipinski definition) is 1. The van der Waals surface area contributed by atoms with E-state index in [2.05, 4.69) is 32.7 Å². The Bertz CT molecular complexity index is 174. The molecule has 0 heterocycles. The van der Waals surface area contributed by atoms with Gasteiger partial charge in [-0.1, -0.05) is 19.4 Å². The van der Waals surface area contributed by atoms with E-state index >= 15 is 0 Å². The molecule has 0 bridgehead atoms. The zero-order valence-electron chi connectivity index (χ0n) is 9.27. The summed E-state index contributed by atoms with van der Waals surface area (Å²) in [6, 6.07) is 0.747. The van der Waals surface area contributed by atoms with Crippen molar-refractivity contribution in [1.82, 2.24) is 5.32 Å². The van der Waals surface area contributed by atoms with Crippen LogP contribution >= 0.6 is 0 Å². The van der Waals surface area contributed by atoms with Crippen molar-refractivity contribution in [2.75, 3.05) is 6.54 Å². The molecule has 1 rings (SSSR count). The van der Waals surface area contributed by atoms with Crippen LogP contribution < -0.4 is 5.32 Å². The summed E-state index contributed by atoms with van der Waals surface area (Å²) in [6.07, 6.45) is 3.88. The fraction of sp³-hybridized carbons (Fsp3) is 0.833. The summed E-state index contributed by atoms with van der Waals surface area (Å²) in [5, 5.41) is 3.59. The molecule has 1 aliphatic carbocycles. The average Bonchev–Trinajstić information content (AvgIpc) is 2.76. The minimum absolute atomic E-state index is 0.747. The van der Waals surface area contributed by atoms with Crippen LogP contribution in [0.4, 0.5) is 0 Å². The van der Waals surface area contributed by atoms with Gasteiger partial charge in [0.05, 0.1) is 0 Å². The van der Waals surface area contributed by atoms with Gasteiger partial charge >= 0.3 is 0 Å². The Morgan fingerprint density at radius 3 is 2.62 bits per heavy atom. The first-order chi connectivity index (χ1) is 6.15. The second kappa shape index (κ2) is 4.80. The lowest BCUT2D eigenvalue weighted by molar-refractivity contribution is 0.430. The lowest BCUT2D eigenvalue weighted by Gasteiger charge is -2.17. The zero-order valence-corrected chi connectivity index (χ0v) is 9.27. The van der Waals surface area contributed by atoms with Gasteiger partial charge in [-0.15, -0.1) is 6.58 Å². The van der Waals surface area contributed by atoms with Gasteiger partial charge in [0.2, 0.25) is 0 Å². The van der Waals surface area contributed by atoms with E-state index in [-0.39, 0.29) is 0 Å². The highest BCUT2D eigenvalue weighted by Gasteiger charge is 2.38. The van der Waals surface area contributed by atoms with Gasteiger partial charge in [-0.05, 0) is 44.6 Å². The molecule has 1 nitrogen and oxygen atoms in total. The molecular formula is C12H23N. The van der Waals surface area contributed by atoms with Crippen LogP contribution in [0.1, 0.15) is 40.0 Å². The van der Waals surface area contributed by atoms with Crippen molar-refractivity contribution in [2.24, 2.45) is 11.8 Å². The molecule has 76 valence electrons. The molecule has 1 fully saturated rings. The largest absolute Gasteiger partial charge is 0.314 e. The van der Waals surface area contributed by atoms with E-state index in [4.69, 9.17) is 0 Å². The summed E-state index contributed by atoms with van der Waals surface area (Å²) >= 11 is 0. The van der Waals surface area contributed by atoms with Gasteiger partial charge in [-0.25, -0.2) is 0 Å². The monoisotopic (exact) mass is 181 g/mol. The van der Waals surface area contributed by atoms with Gasteiger partial charge in [0.1, 0.15) is 0 Å². The normalized spacial score (nSPS) is 28.5. The van der Waals surface area contributed by atoms with Gasteiger partial charge < -0.3 is 5.32 Å². The summed E-state index contributed by atoms with van der Waals surface area (Å²) in [7, 11) is 0. The van der Waals surface area contributed by atoms with Gasteiger partial charge in [-0.2, -0.15) is 0 Å². The van der Waals surface area contributed by atoms with Crippen molar-refractivity contribution >= 4 is 0 Å². The standard InChI is InChI=1S/C12H23N/c1-5-13-12(7-6-9(2)3)11-8-10(11)4/h10-13H,2,5-8H2,1,3-4H3. The second-order valence-corrected chi connectivity index (χ2v) is 4.54. The quantitative estimate of drug-likeness (QED) is 0.621. The number of allylic oxidation sites excluding steroid dienone is 1. The summed E-state index contributed by atoms with van der Waals surface area (Å²) in [4.78, 5) is 0. The highest BCUT2D eigenvalue weighted by atomic mass is 14.9. The van der Waals surface area contributed by atoms with Crippen LogP contribution in [0.25, 0.3) is 0 Å². The third kappa shape index (κ3) is 3.51. The van der Waals surface area contributed by atoms with E-state index in [1.165, 1.54) is 24.8 Å². The van der Waals surface area contributed by atoms with Crippen LogP contribution in [0.2, 0.25) is 0 Å². The highest BCUT2D eigenvalue weighted by Crippen LogP contribution is 2.41. The van der Waals surface area contributed by atoms with Crippen molar-refractivity contribution < 1.29 is 0 Å². The van der Waals surface area contributed by atoms with Crippen LogP contribution in [0, 0.1) is 11.8 Å². The topological polar surface area (TPSA) is 12.0 Å². The maximum absolute atomic E-state index is 3.96. The summed E-state index contributed by atoms with van der Waals surface area (Å²) < 4.78 is 0. The molecule has 3 atom stereocenters. The summed E-state index contributed by atoms with van der Waals surface area (Å²) in [5.74, 6) is 1.90. The predicted molar refractivity (Wildman–Crippen MR) is 58.8 cm³/mol. The van der Waals surface area contributed by atoms with Gasteiger partial charge in [0.15, 0.2) is 0 Å². The minimum Gasteiger partial charge on any atom is -0.314 e. The molecule has 0 aromatic heterocycles. The molecule has 0 aromatic carbocycles. The summed E-state index contributed by atoms with van der Waals surface area (Å²) in [5.41, 5.74) is 1.32. The zero-order chi connectivity index (χ0) is 9.84.